The summed E-state index contributed by atoms with van der Waals surface area (Å²) in [6, 6.07) is 26.4. The zero-order valence-corrected chi connectivity index (χ0v) is 28.9. The quantitative estimate of drug-likeness (QED) is 0.111. The van der Waals surface area contributed by atoms with Crippen LogP contribution in [0.4, 0.5) is 16.2 Å². The molecule has 262 valence electrons. The van der Waals surface area contributed by atoms with Crippen LogP contribution in [0.3, 0.4) is 0 Å². The van der Waals surface area contributed by atoms with Crippen molar-refractivity contribution in [1.82, 2.24) is 19.9 Å². The van der Waals surface area contributed by atoms with Crippen molar-refractivity contribution in [3.05, 3.63) is 185 Å². The van der Waals surface area contributed by atoms with Crippen LogP contribution in [-0.4, -0.2) is 35.9 Å². The molecule has 0 saturated carbocycles. The number of allylic oxidation sites excluding steroid dienone is 3. The molecule has 0 amide bonds. The van der Waals surface area contributed by atoms with Gasteiger partial charge >= 0.3 is 0 Å². The van der Waals surface area contributed by atoms with E-state index in [-0.39, 0.29) is 17.3 Å². The number of hydrogen-bond acceptors (Lipinski definition) is 9. The van der Waals surface area contributed by atoms with Crippen LogP contribution in [0, 0.1) is 11.2 Å². The zero-order chi connectivity index (χ0) is 36.4. The van der Waals surface area contributed by atoms with Gasteiger partial charge in [-0.05, 0) is 71.5 Å². The molecule has 0 radical (unpaired) electrons. The topological polar surface area (TPSA) is 128 Å². The maximum Gasteiger partial charge on any atom is 0.223 e. The molecule has 4 N–H and O–H groups in total. The first kappa shape index (κ1) is 33.5. The van der Waals surface area contributed by atoms with E-state index in [4.69, 9.17) is 0 Å². The van der Waals surface area contributed by atoms with Gasteiger partial charge in [0.1, 0.15) is 28.7 Å². The summed E-state index contributed by atoms with van der Waals surface area (Å²) < 4.78 is 15.0. The second-order valence-electron chi connectivity index (χ2n) is 13.4. The molecule has 3 aromatic heterocycles. The van der Waals surface area contributed by atoms with Gasteiger partial charge in [-0.1, -0.05) is 79.7 Å². The van der Waals surface area contributed by atoms with Crippen molar-refractivity contribution in [2.75, 3.05) is 10.6 Å². The maximum atomic E-state index is 15.0. The summed E-state index contributed by atoms with van der Waals surface area (Å²) in [4.78, 5) is 22.3. The first-order valence-electron chi connectivity index (χ1n) is 17.4. The van der Waals surface area contributed by atoms with Gasteiger partial charge in [0.15, 0.2) is 0 Å². The molecule has 9 nitrogen and oxygen atoms in total. The number of aromatic nitrogens is 4. The summed E-state index contributed by atoms with van der Waals surface area (Å²) in [5, 5.41) is 30.8. The number of nitrogens with zero attached hydrogens (tertiary/aromatic N) is 5. The van der Waals surface area contributed by atoms with Gasteiger partial charge in [0.2, 0.25) is 5.95 Å². The molecule has 8 rings (SSSR count). The predicted octanol–water partition coefficient (Wildman–Crippen LogP) is 8.96. The first-order valence-corrected chi connectivity index (χ1v) is 17.4. The monoisotopic (exact) mass is 701 g/mol. The van der Waals surface area contributed by atoms with Gasteiger partial charge in [0.05, 0.1) is 17.8 Å². The molecule has 1 aliphatic heterocycles. The Hall–Kier alpha value is -6.68. The second-order valence-corrected chi connectivity index (χ2v) is 13.4. The van der Waals surface area contributed by atoms with Gasteiger partial charge in [-0.25, -0.2) is 19.3 Å². The highest BCUT2D eigenvalue weighted by Crippen LogP contribution is 2.41. The van der Waals surface area contributed by atoms with Crippen LogP contribution in [0.15, 0.2) is 157 Å². The van der Waals surface area contributed by atoms with Crippen molar-refractivity contribution >= 4 is 28.4 Å². The van der Waals surface area contributed by atoms with E-state index in [0.717, 1.165) is 34.1 Å². The van der Waals surface area contributed by atoms with Crippen LogP contribution in [-0.2, 0) is 6.42 Å². The fraction of sp³-hybridized carbons (Fsp3) is 0.140. The SMILES string of the molecule is CC12C=CC(C(Nc3ncccn3)c3ccc(Cc4cc(F)ccc4C(Nc4ccccn4)c4ccc5cccnc5c4O)cc3)=C(O)C1=NC=CC2. The van der Waals surface area contributed by atoms with Crippen molar-refractivity contribution < 1.29 is 14.6 Å². The van der Waals surface area contributed by atoms with Crippen LogP contribution in [0.5, 0.6) is 5.75 Å². The standard InChI is InChI=1S/C43H36FN7O2/c1-43-18-5-22-47-41(43)40(53)34(17-19-43)36(51-42-48-23-6-24-49-42)29-11-9-27(10-12-29)25-30-26-31(44)14-16-32(30)38(50-35-8-2-3-20-45-35)33-15-13-28-7-4-21-46-37(28)39(33)52/h2-17,19-24,26,36,38,52-53H,18,25H2,1H3,(H,45,50)(H,48,49,51). The molecule has 53 heavy (non-hydrogen) atoms. The third kappa shape index (κ3) is 6.74. The van der Waals surface area contributed by atoms with Crippen molar-refractivity contribution in [2.45, 2.75) is 31.8 Å². The largest absolute Gasteiger partial charge is 0.506 e. The lowest BCUT2D eigenvalue weighted by Gasteiger charge is -2.34. The number of aliphatic hydroxyl groups is 1. The van der Waals surface area contributed by atoms with E-state index < -0.39 is 17.5 Å². The molecule has 2 aliphatic rings. The summed E-state index contributed by atoms with van der Waals surface area (Å²) in [6.45, 7) is 2.06. The molecule has 3 unspecified atom stereocenters. The Labute approximate surface area is 306 Å². The Kier molecular flexibility index (Phi) is 8.93. The van der Waals surface area contributed by atoms with Gasteiger partial charge in [0.25, 0.3) is 0 Å². The minimum absolute atomic E-state index is 0.0435. The summed E-state index contributed by atoms with van der Waals surface area (Å²) in [6.07, 6.45) is 15.6. The Bertz CT molecular complexity index is 2410. The Morgan fingerprint density at radius 2 is 1.58 bits per heavy atom. The average molecular weight is 702 g/mol. The fourth-order valence-corrected chi connectivity index (χ4v) is 7.07. The molecule has 0 spiro atoms. The van der Waals surface area contributed by atoms with Crippen LogP contribution >= 0.6 is 0 Å². The number of nitrogens with one attached hydrogen (secondary N) is 2. The molecule has 0 fully saturated rings. The number of aromatic hydroxyl groups is 1. The minimum Gasteiger partial charge on any atom is -0.506 e. The molecule has 0 saturated heterocycles. The van der Waals surface area contributed by atoms with Crippen molar-refractivity contribution in [3.63, 3.8) is 0 Å². The Morgan fingerprint density at radius 1 is 0.792 bits per heavy atom. The molecule has 0 bridgehead atoms. The number of aliphatic imine (C=N–C) groups is 1. The van der Waals surface area contributed by atoms with E-state index in [1.807, 2.05) is 78.9 Å². The third-order valence-electron chi connectivity index (χ3n) is 9.84. The number of aliphatic hydroxyl groups excluding tert-OH is 1. The Balaban J connectivity index is 1.16. The molecule has 6 aromatic rings. The lowest BCUT2D eigenvalue weighted by atomic mass is 9.74. The highest BCUT2D eigenvalue weighted by atomic mass is 19.1. The number of anilines is 2. The van der Waals surface area contributed by atoms with Crippen molar-refractivity contribution in [2.24, 2.45) is 10.4 Å². The second kappa shape index (κ2) is 14.1. The lowest BCUT2D eigenvalue weighted by molar-refractivity contribution is 0.414. The number of phenols is 1. The molecule has 3 atom stereocenters. The molecular weight excluding hydrogens is 666 g/mol. The van der Waals surface area contributed by atoms with Crippen LogP contribution in [0.1, 0.15) is 53.2 Å². The van der Waals surface area contributed by atoms with E-state index in [9.17, 15) is 10.2 Å². The normalized spacial score (nSPS) is 17.6. The average Bonchev–Trinajstić information content (AvgIpc) is 3.18. The molecule has 10 heteroatoms. The summed E-state index contributed by atoms with van der Waals surface area (Å²) in [5.41, 5.74) is 5.25. The predicted molar refractivity (Wildman–Crippen MR) is 205 cm³/mol. The van der Waals surface area contributed by atoms with E-state index in [1.54, 1.807) is 43.1 Å². The van der Waals surface area contributed by atoms with E-state index in [0.29, 0.717) is 40.6 Å². The summed E-state index contributed by atoms with van der Waals surface area (Å²) >= 11 is 0. The number of halogens is 1. The van der Waals surface area contributed by atoms with Gasteiger partial charge in [-0.15, -0.1) is 0 Å². The van der Waals surface area contributed by atoms with Gasteiger partial charge in [0, 0.05) is 52.9 Å². The molecular formula is C43H36FN7O2. The van der Waals surface area contributed by atoms with Gasteiger partial charge in [-0.2, -0.15) is 0 Å². The smallest absolute Gasteiger partial charge is 0.223 e. The van der Waals surface area contributed by atoms with Crippen LogP contribution in [0.25, 0.3) is 10.9 Å². The van der Waals surface area contributed by atoms with Crippen molar-refractivity contribution in [3.8, 4) is 5.75 Å². The van der Waals surface area contributed by atoms with Crippen LogP contribution in [0.2, 0.25) is 0 Å². The molecule has 4 heterocycles. The summed E-state index contributed by atoms with van der Waals surface area (Å²) in [5.74, 6) is 0.815. The van der Waals surface area contributed by atoms with Gasteiger partial charge in [-0.3, -0.25) is 9.98 Å². The Morgan fingerprint density at radius 3 is 2.40 bits per heavy atom. The number of benzene rings is 3. The zero-order valence-electron chi connectivity index (χ0n) is 28.9. The fourth-order valence-electron chi connectivity index (χ4n) is 7.07. The number of rotatable bonds is 10. The number of pyridine rings is 2. The highest BCUT2D eigenvalue weighted by Gasteiger charge is 2.37. The number of phenolic OH excluding ortho intramolecular Hbond substituents is 1. The van der Waals surface area contributed by atoms with E-state index in [2.05, 4.69) is 48.6 Å². The van der Waals surface area contributed by atoms with Crippen LogP contribution < -0.4 is 10.6 Å². The van der Waals surface area contributed by atoms with Gasteiger partial charge < -0.3 is 20.8 Å². The van der Waals surface area contributed by atoms with E-state index in [1.165, 1.54) is 12.1 Å². The van der Waals surface area contributed by atoms with Crippen molar-refractivity contribution in [1.29, 1.82) is 0 Å². The molecule has 3 aromatic carbocycles. The lowest BCUT2D eigenvalue weighted by Crippen LogP contribution is -2.33. The minimum atomic E-state index is -0.582. The maximum absolute atomic E-state index is 15.0. The number of fused-ring (bicyclic) bond motifs is 2. The number of hydrogen-bond donors (Lipinski definition) is 4. The third-order valence-corrected chi connectivity index (χ3v) is 9.84. The summed E-state index contributed by atoms with van der Waals surface area (Å²) in [7, 11) is 0. The molecule has 1 aliphatic carbocycles. The highest BCUT2D eigenvalue weighted by molar-refractivity contribution is 6.06. The van der Waals surface area contributed by atoms with E-state index >= 15 is 4.39 Å². The first-order chi connectivity index (χ1) is 25.9.